The number of nitrogens with two attached hydrogens (primary N) is 1. The average Bonchev–Trinajstić information content (AvgIpc) is 2.11. The van der Waals surface area contributed by atoms with Crippen LogP contribution in [0.5, 0.6) is 0 Å². The zero-order chi connectivity index (χ0) is 11.6. The summed E-state index contributed by atoms with van der Waals surface area (Å²) in [6.45, 7) is 0. The van der Waals surface area contributed by atoms with Crippen LogP contribution in [-0.2, 0) is 4.79 Å². The predicted octanol–water partition coefficient (Wildman–Crippen LogP) is 0.730. The van der Waals surface area contributed by atoms with Crippen molar-refractivity contribution in [3.05, 3.63) is 0 Å². The van der Waals surface area contributed by atoms with Gasteiger partial charge in [-0.15, -0.1) is 0 Å². The van der Waals surface area contributed by atoms with Gasteiger partial charge in [0.15, 0.2) is 0 Å². The summed E-state index contributed by atoms with van der Waals surface area (Å²) in [6, 6.07) is -0.344. The summed E-state index contributed by atoms with van der Waals surface area (Å²) in [7, 11) is 0. The lowest BCUT2D eigenvalue weighted by Gasteiger charge is -2.63. The molecule has 16 heavy (non-hydrogen) atoms. The first-order chi connectivity index (χ1) is 7.43. The summed E-state index contributed by atoms with van der Waals surface area (Å²) in [5.74, 6) is 0.217. The van der Waals surface area contributed by atoms with Crippen LogP contribution in [0.3, 0.4) is 0 Å². The molecule has 4 saturated carbocycles. The Balaban J connectivity index is 1.96. The molecule has 4 bridgehead atoms. The molecule has 4 nitrogen and oxygen atoms in total. The first-order valence-corrected chi connectivity index (χ1v) is 6.13. The van der Waals surface area contributed by atoms with Gasteiger partial charge >= 0.3 is 5.97 Å². The van der Waals surface area contributed by atoms with E-state index < -0.39 is 11.6 Å². The van der Waals surface area contributed by atoms with Crippen LogP contribution in [0.2, 0.25) is 0 Å². The second kappa shape index (κ2) is 2.99. The summed E-state index contributed by atoms with van der Waals surface area (Å²) >= 11 is 0. The van der Waals surface area contributed by atoms with E-state index in [4.69, 9.17) is 10.8 Å². The molecule has 3 atom stereocenters. The zero-order valence-corrected chi connectivity index (χ0v) is 9.35. The van der Waals surface area contributed by atoms with Crippen molar-refractivity contribution in [2.24, 2.45) is 23.0 Å². The number of carbonyl (C=O) groups is 1. The topological polar surface area (TPSA) is 83.5 Å². The van der Waals surface area contributed by atoms with E-state index in [0.29, 0.717) is 11.8 Å². The van der Waals surface area contributed by atoms with Gasteiger partial charge in [0.05, 0.1) is 12.0 Å². The minimum atomic E-state index is -0.778. The lowest BCUT2D eigenvalue weighted by Crippen LogP contribution is -2.69. The van der Waals surface area contributed by atoms with Crippen molar-refractivity contribution in [1.82, 2.24) is 0 Å². The second-order valence-corrected chi connectivity index (χ2v) is 6.30. The molecule has 0 heterocycles. The molecule has 0 aromatic carbocycles. The van der Waals surface area contributed by atoms with Crippen molar-refractivity contribution in [2.45, 2.75) is 50.2 Å². The smallest absolute Gasteiger partial charge is 0.303 e. The van der Waals surface area contributed by atoms with Crippen LogP contribution in [-0.4, -0.2) is 27.8 Å². The summed E-state index contributed by atoms with van der Waals surface area (Å²) in [5, 5.41) is 19.6. The minimum absolute atomic E-state index is 0.128. The number of hydrogen-bond acceptors (Lipinski definition) is 3. The van der Waals surface area contributed by atoms with E-state index >= 15 is 0 Å². The van der Waals surface area contributed by atoms with Gasteiger partial charge < -0.3 is 15.9 Å². The molecular weight excluding hydrogens is 206 g/mol. The van der Waals surface area contributed by atoms with E-state index in [-0.39, 0.29) is 17.9 Å². The second-order valence-electron chi connectivity index (χ2n) is 6.30. The Hall–Kier alpha value is -0.610. The summed E-state index contributed by atoms with van der Waals surface area (Å²) in [5.41, 5.74) is 5.06. The largest absolute Gasteiger partial charge is 0.481 e. The first kappa shape index (κ1) is 10.5. The highest BCUT2D eigenvalue weighted by molar-refractivity contribution is 5.68. The van der Waals surface area contributed by atoms with Crippen LogP contribution in [0, 0.1) is 17.3 Å². The molecule has 0 amide bonds. The van der Waals surface area contributed by atoms with Crippen LogP contribution in [0.15, 0.2) is 0 Å². The van der Waals surface area contributed by atoms with E-state index in [1.54, 1.807) is 0 Å². The van der Waals surface area contributed by atoms with Crippen molar-refractivity contribution in [3.63, 3.8) is 0 Å². The van der Waals surface area contributed by atoms with Gasteiger partial charge in [-0.1, -0.05) is 0 Å². The van der Waals surface area contributed by atoms with Crippen LogP contribution in [0.1, 0.15) is 38.5 Å². The fraction of sp³-hybridized carbons (Fsp3) is 0.917. The molecule has 4 heteroatoms. The third-order valence-corrected chi connectivity index (χ3v) is 5.08. The Morgan fingerprint density at radius 1 is 1.25 bits per heavy atom. The van der Waals surface area contributed by atoms with E-state index in [1.807, 2.05) is 0 Å². The van der Waals surface area contributed by atoms with E-state index in [2.05, 4.69) is 0 Å². The maximum absolute atomic E-state index is 11.0. The maximum Gasteiger partial charge on any atom is 0.303 e. The molecule has 4 fully saturated rings. The molecule has 4 aliphatic carbocycles. The Bertz CT molecular complexity index is 327. The number of rotatable bonds is 2. The fourth-order valence-electron chi connectivity index (χ4n) is 4.90. The van der Waals surface area contributed by atoms with E-state index in [0.717, 1.165) is 32.1 Å². The molecule has 0 aromatic heterocycles. The Kier molecular flexibility index (Phi) is 1.97. The lowest BCUT2D eigenvalue weighted by atomic mass is 9.45. The third-order valence-electron chi connectivity index (χ3n) is 5.08. The summed E-state index contributed by atoms with van der Waals surface area (Å²) in [4.78, 5) is 11.0. The molecule has 4 aliphatic rings. The zero-order valence-electron chi connectivity index (χ0n) is 9.35. The van der Waals surface area contributed by atoms with Crippen molar-refractivity contribution in [1.29, 1.82) is 0 Å². The van der Waals surface area contributed by atoms with Gasteiger partial charge in [0.1, 0.15) is 0 Å². The van der Waals surface area contributed by atoms with Crippen molar-refractivity contribution in [2.75, 3.05) is 0 Å². The normalized spacial score (nSPS) is 54.2. The van der Waals surface area contributed by atoms with Gasteiger partial charge in [-0.05, 0) is 49.4 Å². The molecule has 0 spiro atoms. The highest BCUT2D eigenvalue weighted by atomic mass is 16.4. The standard InChI is InChI=1S/C12H19NO3/c13-10-11(6-9(14)15)2-7-1-8(3-11)5-12(10,16)4-7/h7-8,10,16H,1-6,13H2,(H,14,15). The van der Waals surface area contributed by atoms with Crippen LogP contribution in [0.25, 0.3) is 0 Å². The number of hydrogen-bond donors (Lipinski definition) is 3. The van der Waals surface area contributed by atoms with E-state index in [1.165, 1.54) is 0 Å². The molecule has 4 rings (SSSR count). The van der Waals surface area contributed by atoms with Crippen molar-refractivity contribution < 1.29 is 15.0 Å². The van der Waals surface area contributed by atoms with Crippen LogP contribution in [0.4, 0.5) is 0 Å². The highest BCUT2D eigenvalue weighted by Gasteiger charge is 2.62. The van der Waals surface area contributed by atoms with Gasteiger partial charge in [0.2, 0.25) is 0 Å². The predicted molar refractivity (Wildman–Crippen MR) is 57.7 cm³/mol. The number of carboxylic acid groups (broad SMARTS) is 1. The molecule has 0 aromatic rings. The molecule has 4 N–H and O–H groups in total. The molecule has 0 aliphatic heterocycles. The van der Waals surface area contributed by atoms with Crippen LogP contribution >= 0.6 is 0 Å². The lowest BCUT2D eigenvalue weighted by molar-refractivity contribution is -0.187. The minimum Gasteiger partial charge on any atom is -0.481 e. The Labute approximate surface area is 94.8 Å². The van der Waals surface area contributed by atoms with Crippen LogP contribution < -0.4 is 5.73 Å². The Morgan fingerprint density at radius 2 is 1.81 bits per heavy atom. The van der Waals surface area contributed by atoms with Crippen molar-refractivity contribution >= 4 is 5.97 Å². The fourth-order valence-corrected chi connectivity index (χ4v) is 4.90. The van der Waals surface area contributed by atoms with Gasteiger partial charge in [0, 0.05) is 6.04 Å². The molecule has 0 radical (unpaired) electrons. The maximum atomic E-state index is 11.0. The number of aliphatic carboxylic acids is 1. The Morgan fingerprint density at radius 3 is 2.31 bits per heavy atom. The number of carboxylic acids is 1. The molecule has 0 saturated heterocycles. The molecular formula is C12H19NO3. The first-order valence-electron chi connectivity index (χ1n) is 6.13. The van der Waals surface area contributed by atoms with Gasteiger partial charge in [0.25, 0.3) is 0 Å². The molecule has 3 unspecified atom stereocenters. The van der Waals surface area contributed by atoms with Gasteiger partial charge in [-0.3, -0.25) is 4.79 Å². The van der Waals surface area contributed by atoms with Gasteiger partial charge in [-0.25, -0.2) is 0 Å². The van der Waals surface area contributed by atoms with Crippen molar-refractivity contribution in [3.8, 4) is 0 Å². The molecule has 90 valence electrons. The highest BCUT2D eigenvalue weighted by Crippen LogP contribution is 2.62. The third kappa shape index (κ3) is 1.26. The SMILES string of the molecule is NC1C2(O)CC3CC(C2)CC1(CC(=O)O)C3. The summed E-state index contributed by atoms with van der Waals surface area (Å²) < 4.78 is 0. The monoisotopic (exact) mass is 225 g/mol. The van der Waals surface area contributed by atoms with Gasteiger partial charge in [-0.2, -0.15) is 0 Å². The van der Waals surface area contributed by atoms with E-state index in [9.17, 15) is 9.90 Å². The quantitative estimate of drug-likeness (QED) is 0.647. The average molecular weight is 225 g/mol. The number of aliphatic hydroxyl groups is 1. The summed E-state index contributed by atoms with van der Waals surface area (Å²) in [6.07, 6.45) is 4.66.